The molecular weight excluding hydrogens is 278 g/mol. The first-order chi connectivity index (χ1) is 10.1. The van der Waals surface area contributed by atoms with Crippen LogP contribution in [0.5, 0.6) is 0 Å². The van der Waals surface area contributed by atoms with Crippen LogP contribution in [-0.4, -0.2) is 45.6 Å². The fraction of sp³-hybridized carbons (Fsp3) is 0.385. The molecule has 0 saturated carbocycles. The summed E-state index contributed by atoms with van der Waals surface area (Å²) >= 11 is 0. The van der Waals surface area contributed by atoms with Gasteiger partial charge in [-0.1, -0.05) is 5.16 Å². The third-order valence-corrected chi connectivity index (χ3v) is 2.85. The Bertz CT molecular complexity index is 605. The fourth-order valence-electron chi connectivity index (χ4n) is 1.66. The lowest BCUT2D eigenvalue weighted by Crippen LogP contribution is -2.29. The first-order valence-corrected chi connectivity index (χ1v) is 6.38. The predicted octanol–water partition coefficient (Wildman–Crippen LogP) is 1.20. The van der Waals surface area contributed by atoms with Crippen LogP contribution in [0.2, 0.25) is 0 Å². The van der Waals surface area contributed by atoms with Crippen molar-refractivity contribution in [1.29, 1.82) is 0 Å². The van der Waals surface area contributed by atoms with E-state index in [1.165, 1.54) is 11.2 Å². The average Bonchev–Trinajstić information content (AvgIpc) is 3.12. The maximum atomic E-state index is 11.8. The molecule has 0 radical (unpaired) electrons. The first kappa shape index (κ1) is 14.8. The van der Waals surface area contributed by atoms with Crippen molar-refractivity contribution < 1.29 is 23.6 Å². The van der Waals surface area contributed by atoms with Crippen LogP contribution < -0.4 is 0 Å². The fourth-order valence-corrected chi connectivity index (χ4v) is 1.66. The van der Waals surface area contributed by atoms with Crippen molar-refractivity contribution in [1.82, 2.24) is 15.0 Å². The van der Waals surface area contributed by atoms with E-state index >= 15 is 0 Å². The zero-order valence-electron chi connectivity index (χ0n) is 11.5. The average molecular weight is 293 g/mol. The molecule has 2 heterocycles. The predicted molar refractivity (Wildman–Crippen MR) is 70.2 cm³/mol. The van der Waals surface area contributed by atoms with E-state index in [4.69, 9.17) is 14.0 Å². The van der Waals surface area contributed by atoms with Gasteiger partial charge in [0.2, 0.25) is 17.6 Å². The van der Waals surface area contributed by atoms with E-state index in [0.717, 1.165) is 0 Å². The number of furan rings is 1. The summed E-state index contributed by atoms with van der Waals surface area (Å²) in [6, 6.07) is 3.42. The number of carboxylic acids is 1. The van der Waals surface area contributed by atoms with E-state index in [1.54, 1.807) is 19.2 Å². The number of aromatic nitrogens is 2. The van der Waals surface area contributed by atoms with Crippen molar-refractivity contribution >= 4 is 11.9 Å². The van der Waals surface area contributed by atoms with E-state index in [2.05, 4.69) is 10.1 Å². The van der Waals surface area contributed by atoms with E-state index < -0.39 is 5.97 Å². The topological polar surface area (TPSA) is 110 Å². The molecule has 0 spiro atoms. The number of aliphatic carboxylic acids is 1. The summed E-state index contributed by atoms with van der Waals surface area (Å²) in [5, 5.41) is 12.3. The van der Waals surface area contributed by atoms with Gasteiger partial charge in [-0.05, 0) is 12.1 Å². The minimum absolute atomic E-state index is 0.0779. The standard InChI is InChI=1S/C13H15N3O5/c1-16(7-6-12(18)19)11(17)5-4-10-14-13(15-21-10)9-3-2-8-20-9/h2-3,8H,4-7H2,1H3,(H,18,19). The normalized spacial score (nSPS) is 10.5. The maximum Gasteiger partial charge on any atom is 0.305 e. The van der Waals surface area contributed by atoms with Gasteiger partial charge in [-0.3, -0.25) is 9.59 Å². The molecule has 0 aliphatic heterocycles. The highest BCUT2D eigenvalue weighted by atomic mass is 16.5. The van der Waals surface area contributed by atoms with Gasteiger partial charge < -0.3 is 18.9 Å². The summed E-state index contributed by atoms with van der Waals surface area (Å²) in [4.78, 5) is 27.7. The maximum absolute atomic E-state index is 11.8. The highest BCUT2D eigenvalue weighted by Crippen LogP contribution is 2.16. The summed E-state index contributed by atoms with van der Waals surface area (Å²) in [6.45, 7) is 0.176. The van der Waals surface area contributed by atoms with Gasteiger partial charge in [-0.25, -0.2) is 0 Å². The summed E-state index contributed by atoms with van der Waals surface area (Å²) in [7, 11) is 1.56. The number of hydrogen-bond acceptors (Lipinski definition) is 6. The van der Waals surface area contributed by atoms with Crippen LogP contribution in [0.3, 0.4) is 0 Å². The Morgan fingerprint density at radius 2 is 2.19 bits per heavy atom. The minimum atomic E-state index is -0.936. The second-order valence-corrected chi connectivity index (χ2v) is 4.45. The molecule has 0 unspecified atom stereocenters. The Labute approximate surface area is 120 Å². The molecule has 0 bridgehead atoms. The number of carbonyl (C=O) groups is 2. The Kier molecular flexibility index (Phi) is 4.70. The van der Waals surface area contributed by atoms with Crippen molar-refractivity contribution in [2.75, 3.05) is 13.6 Å². The molecule has 2 rings (SSSR count). The molecule has 0 saturated heterocycles. The lowest BCUT2D eigenvalue weighted by molar-refractivity contribution is -0.138. The second kappa shape index (κ2) is 6.69. The van der Waals surface area contributed by atoms with Gasteiger partial charge in [0.05, 0.1) is 12.7 Å². The van der Waals surface area contributed by atoms with Gasteiger partial charge in [0, 0.05) is 26.4 Å². The zero-order valence-corrected chi connectivity index (χ0v) is 11.5. The van der Waals surface area contributed by atoms with Crippen LogP contribution in [0.15, 0.2) is 27.3 Å². The first-order valence-electron chi connectivity index (χ1n) is 6.38. The van der Waals surface area contributed by atoms with Crippen molar-refractivity contribution in [2.24, 2.45) is 0 Å². The summed E-state index contributed by atoms with van der Waals surface area (Å²) in [5.74, 6) is 0.0570. The molecule has 8 heteroatoms. The van der Waals surface area contributed by atoms with E-state index in [-0.39, 0.29) is 25.3 Å². The lowest BCUT2D eigenvalue weighted by atomic mass is 10.2. The molecule has 8 nitrogen and oxygen atoms in total. The highest BCUT2D eigenvalue weighted by molar-refractivity contribution is 5.76. The Hall–Kier alpha value is -2.64. The Morgan fingerprint density at radius 1 is 1.38 bits per heavy atom. The summed E-state index contributed by atoms with van der Waals surface area (Å²) in [6.07, 6.45) is 1.90. The van der Waals surface area contributed by atoms with Crippen LogP contribution in [0.1, 0.15) is 18.7 Å². The number of nitrogens with zero attached hydrogens (tertiary/aromatic N) is 3. The monoisotopic (exact) mass is 293 g/mol. The van der Waals surface area contributed by atoms with E-state index in [9.17, 15) is 9.59 Å². The number of carboxylic acid groups (broad SMARTS) is 1. The molecule has 0 aromatic carbocycles. The number of hydrogen-bond donors (Lipinski definition) is 1. The van der Waals surface area contributed by atoms with Crippen LogP contribution in [-0.2, 0) is 16.0 Å². The molecule has 2 aromatic heterocycles. The largest absolute Gasteiger partial charge is 0.481 e. The van der Waals surface area contributed by atoms with Gasteiger partial charge in [-0.2, -0.15) is 4.98 Å². The van der Waals surface area contributed by atoms with Gasteiger partial charge in [-0.15, -0.1) is 0 Å². The van der Waals surface area contributed by atoms with Crippen LogP contribution in [0, 0.1) is 0 Å². The molecule has 0 aliphatic carbocycles. The van der Waals surface area contributed by atoms with Gasteiger partial charge in [0.15, 0.2) is 5.76 Å². The summed E-state index contributed by atoms with van der Waals surface area (Å²) in [5.41, 5.74) is 0. The third-order valence-electron chi connectivity index (χ3n) is 2.85. The SMILES string of the molecule is CN(CCC(=O)O)C(=O)CCc1nc(-c2ccco2)no1. The highest BCUT2D eigenvalue weighted by Gasteiger charge is 2.14. The van der Waals surface area contributed by atoms with Crippen molar-refractivity contribution in [2.45, 2.75) is 19.3 Å². The number of carbonyl (C=O) groups excluding carboxylic acids is 1. The molecule has 1 amide bonds. The van der Waals surface area contributed by atoms with Crippen LogP contribution in [0.25, 0.3) is 11.6 Å². The van der Waals surface area contributed by atoms with Crippen LogP contribution >= 0.6 is 0 Å². The Balaban J connectivity index is 1.83. The molecule has 0 atom stereocenters. The molecule has 0 aliphatic rings. The van der Waals surface area contributed by atoms with Gasteiger partial charge in [0.25, 0.3) is 0 Å². The van der Waals surface area contributed by atoms with Crippen molar-refractivity contribution in [3.63, 3.8) is 0 Å². The van der Waals surface area contributed by atoms with Crippen LogP contribution in [0.4, 0.5) is 0 Å². The molecule has 2 aromatic rings. The van der Waals surface area contributed by atoms with Gasteiger partial charge >= 0.3 is 5.97 Å². The molecule has 21 heavy (non-hydrogen) atoms. The minimum Gasteiger partial charge on any atom is -0.481 e. The molecule has 1 N–H and O–H groups in total. The quantitative estimate of drug-likeness (QED) is 0.816. The van der Waals surface area contributed by atoms with E-state index in [0.29, 0.717) is 23.9 Å². The molecular formula is C13H15N3O5. The zero-order chi connectivity index (χ0) is 15.2. The lowest BCUT2D eigenvalue weighted by Gasteiger charge is -2.15. The van der Waals surface area contributed by atoms with E-state index in [1.807, 2.05) is 0 Å². The van der Waals surface area contributed by atoms with Crippen molar-refractivity contribution in [3.05, 3.63) is 24.3 Å². The number of rotatable bonds is 7. The second-order valence-electron chi connectivity index (χ2n) is 4.45. The molecule has 0 fully saturated rings. The third kappa shape index (κ3) is 4.16. The van der Waals surface area contributed by atoms with Gasteiger partial charge in [0.1, 0.15) is 0 Å². The van der Waals surface area contributed by atoms with Crippen molar-refractivity contribution in [3.8, 4) is 11.6 Å². The Morgan fingerprint density at radius 3 is 2.86 bits per heavy atom. The number of aryl methyl sites for hydroxylation is 1. The number of amides is 1. The summed E-state index contributed by atoms with van der Waals surface area (Å²) < 4.78 is 10.2. The molecule has 112 valence electrons. The smallest absolute Gasteiger partial charge is 0.305 e.